The van der Waals surface area contributed by atoms with E-state index in [1.54, 1.807) is 0 Å². The van der Waals surface area contributed by atoms with Crippen LogP contribution in [0.25, 0.3) is 22.2 Å². The normalized spacial score (nSPS) is 11.8. The molecule has 0 saturated heterocycles. The average molecular weight is 385 g/mol. The van der Waals surface area contributed by atoms with Gasteiger partial charge >= 0.3 is 0 Å². The largest absolute Gasteiger partial charge is 0.336 e. The van der Waals surface area contributed by atoms with Crippen molar-refractivity contribution in [3.05, 3.63) is 58.1 Å². The molecule has 0 fully saturated rings. The lowest BCUT2D eigenvalue weighted by atomic mass is 10.0. The molecule has 0 saturated carbocycles. The Morgan fingerprint density at radius 2 is 1.79 bits per heavy atom. The van der Waals surface area contributed by atoms with Crippen molar-refractivity contribution < 1.29 is 0 Å². The molecule has 1 N–H and O–H groups in total. The van der Waals surface area contributed by atoms with Crippen molar-refractivity contribution in [2.45, 2.75) is 33.7 Å². The first-order valence-electron chi connectivity index (χ1n) is 8.80. The highest BCUT2D eigenvalue weighted by Crippen LogP contribution is 2.39. The summed E-state index contributed by atoms with van der Waals surface area (Å²) in [5, 5.41) is 4.50. The molecule has 0 unspecified atom stereocenters. The van der Waals surface area contributed by atoms with Gasteiger partial charge in [-0.3, -0.25) is 0 Å². The van der Waals surface area contributed by atoms with E-state index in [0.717, 1.165) is 26.1 Å². The first-order valence-corrected chi connectivity index (χ1v) is 9.60. The fourth-order valence-electron chi connectivity index (χ4n) is 3.45. The Kier molecular flexibility index (Phi) is 5.42. The van der Waals surface area contributed by atoms with E-state index in [-0.39, 0.29) is 0 Å². The van der Waals surface area contributed by atoms with Crippen LogP contribution in [0.5, 0.6) is 0 Å². The minimum absolute atomic E-state index is 1.000. The molecule has 0 atom stereocenters. The maximum absolute atomic E-state index is 3.67. The molecule has 126 valence electrons. The molecule has 1 aromatic heterocycles. The van der Waals surface area contributed by atoms with Gasteiger partial charge in [-0.05, 0) is 48.8 Å². The number of aryl methyl sites for hydroxylation is 1. The van der Waals surface area contributed by atoms with Gasteiger partial charge in [0.25, 0.3) is 0 Å². The zero-order valence-electron chi connectivity index (χ0n) is 14.7. The molecule has 2 nitrogen and oxygen atoms in total. The van der Waals surface area contributed by atoms with Gasteiger partial charge in [-0.25, -0.2) is 0 Å². The zero-order chi connectivity index (χ0) is 17.1. The summed E-state index contributed by atoms with van der Waals surface area (Å²) in [6.07, 6.45) is 1.06. The Morgan fingerprint density at radius 3 is 2.46 bits per heavy atom. The van der Waals surface area contributed by atoms with Gasteiger partial charge in [0, 0.05) is 33.2 Å². The third-order valence-electron chi connectivity index (χ3n) is 4.61. The molecule has 1 aliphatic rings. The van der Waals surface area contributed by atoms with Crippen LogP contribution < -0.4 is 5.32 Å². The Hall–Kier alpha value is -1.58. The summed E-state index contributed by atoms with van der Waals surface area (Å²) in [6, 6.07) is 15.5. The predicted molar refractivity (Wildman–Crippen MR) is 108 cm³/mol. The van der Waals surface area contributed by atoms with Crippen LogP contribution in [0.4, 0.5) is 0 Å². The maximum Gasteiger partial charge on any atom is 0.0498 e. The van der Waals surface area contributed by atoms with Crippen molar-refractivity contribution in [2.75, 3.05) is 13.1 Å². The lowest BCUT2D eigenvalue weighted by molar-refractivity contribution is 0.762. The number of nitrogens with zero attached hydrogens (tertiary/aromatic N) is 1. The van der Waals surface area contributed by atoms with Gasteiger partial charge in [0.15, 0.2) is 0 Å². The lowest BCUT2D eigenvalue weighted by Crippen LogP contribution is -2.09. The van der Waals surface area contributed by atoms with Crippen LogP contribution >= 0.6 is 15.9 Å². The number of rotatable bonds is 3. The third kappa shape index (κ3) is 3.03. The standard InChI is InChI=1S/C17H14BrN.C4H11N/c1-2-12-14-9-17-13-6-4-3-5-11(13)10-19(17)16(14)8-7-15(12)18;1-3-5-4-2/h3-9H,2,10H2,1H3;5H,3-4H2,1-2H3. The summed E-state index contributed by atoms with van der Waals surface area (Å²) in [6.45, 7) is 9.61. The first kappa shape index (κ1) is 17.2. The van der Waals surface area contributed by atoms with Crippen LogP contribution in [-0.4, -0.2) is 17.7 Å². The van der Waals surface area contributed by atoms with Crippen LogP contribution in [0, 0.1) is 0 Å². The topological polar surface area (TPSA) is 17.0 Å². The van der Waals surface area contributed by atoms with Crippen molar-refractivity contribution in [1.82, 2.24) is 9.88 Å². The van der Waals surface area contributed by atoms with Gasteiger partial charge in [-0.15, -0.1) is 0 Å². The second-order valence-corrected chi connectivity index (χ2v) is 6.90. The van der Waals surface area contributed by atoms with Crippen LogP contribution in [0.1, 0.15) is 31.9 Å². The SMILES string of the molecule is CCNCC.CCc1c(Br)ccc2c1cc1n2Cc2ccccc2-1. The second-order valence-electron chi connectivity index (χ2n) is 6.04. The Balaban J connectivity index is 0.000000300. The number of benzene rings is 2. The second kappa shape index (κ2) is 7.54. The summed E-state index contributed by atoms with van der Waals surface area (Å²) in [5.41, 5.74) is 6.94. The van der Waals surface area contributed by atoms with Crippen molar-refractivity contribution in [1.29, 1.82) is 0 Å². The van der Waals surface area contributed by atoms with Crippen molar-refractivity contribution in [3.8, 4) is 11.3 Å². The molecule has 3 aromatic rings. The zero-order valence-corrected chi connectivity index (χ0v) is 16.3. The molecule has 2 heterocycles. The number of halogens is 1. The molecule has 24 heavy (non-hydrogen) atoms. The van der Waals surface area contributed by atoms with Gasteiger partial charge in [0.05, 0.1) is 0 Å². The lowest BCUT2D eigenvalue weighted by Gasteiger charge is -2.06. The first-order chi connectivity index (χ1) is 11.7. The Labute approximate surface area is 153 Å². The summed E-state index contributed by atoms with van der Waals surface area (Å²) in [7, 11) is 0. The van der Waals surface area contributed by atoms with E-state index in [0.29, 0.717) is 0 Å². The Morgan fingerprint density at radius 1 is 1.04 bits per heavy atom. The van der Waals surface area contributed by atoms with Crippen LogP contribution in [0.2, 0.25) is 0 Å². The molecule has 0 bridgehead atoms. The van der Waals surface area contributed by atoms with Crippen LogP contribution in [0.15, 0.2) is 46.9 Å². The molecular weight excluding hydrogens is 360 g/mol. The smallest absolute Gasteiger partial charge is 0.0498 e. The number of hydrogen-bond acceptors (Lipinski definition) is 1. The van der Waals surface area contributed by atoms with E-state index in [1.165, 1.54) is 37.8 Å². The fraction of sp³-hybridized carbons (Fsp3) is 0.333. The average Bonchev–Trinajstić information content (AvgIpc) is 3.12. The molecule has 0 aliphatic carbocycles. The quantitative estimate of drug-likeness (QED) is 0.485. The summed E-state index contributed by atoms with van der Waals surface area (Å²) in [5.74, 6) is 0. The van der Waals surface area contributed by atoms with Gasteiger partial charge in [-0.1, -0.05) is 61.0 Å². The van der Waals surface area contributed by atoms with Crippen molar-refractivity contribution >= 4 is 26.8 Å². The fourth-order valence-corrected chi connectivity index (χ4v) is 4.07. The molecule has 4 rings (SSSR count). The van der Waals surface area contributed by atoms with Crippen molar-refractivity contribution in [2.24, 2.45) is 0 Å². The maximum atomic E-state index is 3.67. The monoisotopic (exact) mass is 384 g/mol. The van der Waals surface area contributed by atoms with Gasteiger partial charge in [-0.2, -0.15) is 0 Å². The highest BCUT2D eigenvalue weighted by atomic mass is 79.9. The van der Waals surface area contributed by atoms with E-state index in [9.17, 15) is 0 Å². The van der Waals surface area contributed by atoms with Gasteiger partial charge in [0.2, 0.25) is 0 Å². The molecule has 0 spiro atoms. The summed E-state index contributed by atoms with van der Waals surface area (Å²) >= 11 is 3.67. The molecular formula is C21H25BrN2. The molecule has 1 aliphatic heterocycles. The minimum atomic E-state index is 1.000. The molecule has 3 heteroatoms. The third-order valence-corrected chi connectivity index (χ3v) is 5.36. The van der Waals surface area contributed by atoms with Crippen LogP contribution in [0.3, 0.4) is 0 Å². The van der Waals surface area contributed by atoms with E-state index in [1.807, 2.05) is 0 Å². The molecule has 2 aromatic carbocycles. The summed E-state index contributed by atoms with van der Waals surface area (Å²) < 4.78 is 3.66. The van der Waals surface area contributed by atoms with Gasteiger partial charge in [0.1, 0.15) is 0 Å². The van der Waals surface area contributed by atoms with E-state index < -0.39 is 0 Å². The van der Waals surface area contributed by atoms with E-state index in [2.05, 4.69) is 89.0 Å². The number of fused-ring (bicyclic) bond motifs is 5. The molecule has 0 radical (unpaired) electrons. The Bertz CT molecular complexity index is 846. The van der Waals surface area contributed by atoms with Crippen molar-refractivity contribution in [3.63, 3.8) is 0 Å². The van der Waals surface area contributed by atoms with E-state index >= 15 is 0 Å². The minimum Gasteiger partial charge on any atom is -0.336 e. The highest BCUT2D eigenvalue weighted by molar-refractivity contribution is 9.10. The highest BCUT2D eigenvalue weighted by Gasteiger charge is 2.21. The number of aromatic nitrogens is 1. The number of hydrogen-bond donors (Lipinski definition) is 1. The van der Waals surface area contributed by atoms with Crippen LogP contribution in [-0.2, 0) is 13.0 Å². The van der Waals surface area contributed by atoms with Gasteiger partial charge < -0.3 is 9.88 Å². The summed E-state index contributed by atoms with van der Waals surface area (Å²) in [4.78, 5) is 0. The van der Waals surface area contributed by atoms with E-state index in [4.69, 9.17) is 0 Å². The number of nitrogens with one attached hydrogen (secondary N) is 1. The molecule has 0 amide bonds. The predicted octanol–water partition coefficient (Wildman–Crippen LogP) is 5.61.